The van der Waals surface area contributed by atoms with Gasteiger partial charge in [-0.1, -0.05) is 26.0 Å². The Labute approximate surface area is 103 Å². The molecule has 0 amide bonds. The molecule has 0 saturated heterocycles. The maximum Gasteiger partial charge on any atom is 0.108 e. The molecule has 1 aromatic carbocycles. The molecule has 2 atom stereocenters. The second-order valence-corrected chi connectivity index (χ2v) is 5.78. The molecule has 17 heavy (non-hydrogen) atoms. The summed E-state index contributed by atoms with van der Waals surface area (Å²) in [6.45, 7) is 8.06. The van der Waals surface area contributed by atoms with Crippen LogP contribution in [0.1, 0.15) is 61.5 Å². The summed E-state index contributed by atoms with van der Waals surface area (Å²) in [6, 6.07) is 4.21. The third kappa shape index (κ3) is 2.00. The molecule has 2 rings (SSSR count). The predicted molar refractivity (Wildman–Crippen MR) is 69.2 cm³/mol. The number of rotatable bonds is 1. The van der Waals surface area contributed by atoms with Crippen LogP contribution in [0.2, 0.25) is 0 Å². The molecule has 0 radical (unpaired) electrons. The lowest BCUT2D eigenvalue weighted by atomic mass is 9.74. The fourth-order valence-electron chi connectivity index (χ4n) is 2.78. The SMILES string of the molecule is Cc1ccc(C(C)C)c2c1CCC(C)(O)C2O. The Morgan fingerprint density at radius 1 is 1.35 bits per heavy atom. The summed E-state index contributed by atoms with van der Waals surface area (Å²) in [5.41, 5.74) is 3.59. The average molecular weight is 234 g/mol. The number of benzene rings is 1. The van der Waals surface area contributed by atoms with Gasteiger partial charge in [-0.25, -0.2) is 0 Å². The molecule has 0 heterocycles. The van der Waals surface area contributed by atoms with Gasteiger partial charge in [-0.2, -0.15) is 0 Å². The Morgan fingerprint density at radius 3 is 2.59 bits per heavy atom. The third-order valence-corrected chi connectivity index (χ3v) is 3.99. The molecule has 2 N–H and O–H groups in total. The van der Waals surface area contributed by atoms with Crippen LogP contribution >= 0.6 is 0 Å². The zero-order chi connectivity index (χ0) is 12.8. The van der Waals surface area contributed by atoms with Crippen LogP contribution in [-0.2, 0) is 6.42 Å². The van der Waals surface area contributed by atoms with Gasteiger partial charge in [-0.05, 0) is 54.9 Å². The summed E-state index contributed by atoms with van der Waals surface area (Å²) >= 11 is 0. The van der Waals surface area contributed by atoms with E-state index < -0.39 is 11.7 Å². The van der Waals surface area contributed by atoms with E-state index in [1.807, 2.05) is 0 Å². The van der Waals surface area contributed by atoms with Crippen LogP contribution in [-0.4, -0.2) is 15.8 Å². The monoisotopic (exact) mass is 234 g/mol. The van der Waals surface area contributed by atoms with Crippen LogP contribution in [0.15, 0.2) is 12.1 Å². The highest BCUT2D eigenvalue weighted by atomic mass is 16.3. The van der Waals surface area contributed by atoms with E-state index in [9.17, 15) is 10.2 Å². The van der Waals surface area contributed by atoms with Gasteiger partial charge in [0, 0.05) is 0 Å². The van der Waals surface area contributed by atoms with Crippen LogP contribution in [0.5, 0.6) is 0 Å². The maximum absolute atomic E-state index is 10.4. The molecule has 2 heteroatoms. The van der Waals surface area contributed by atoms with Crippen LogP contribution in [0.25, 0.3) is 0 Å². The lowest BCUT2D eigenvalue weighted by Gasteiger charge is -2.38. The van der Waals surface area contributed by atoms with Crippen LogP contribution < -0.4 is 0 Å². The van der Waals surface area contributed by atoms with Crippen LogP contribution in [0.3, 0.4) is 0 Å². The summed E-state index contributed by atoms with van der Waals surface area (Å²) in [5.74, 6) is 0.368. The molecule has 0 bridgehead atoms. The molecule has 2 unspecified atom stereocenters. The van der Waals surface area contributed by atoms with Crippen LogP contribution in [0, 0.1) is 6.92 Å². The van der Waals surface area contributed by atoms with Crippen LogP contribution in [0.4, 0.5) is 0 Å². The molecule has 0 fully saturated rings. The molecule has 1 aliphatic rings. The molecule has 0 aliphatic heterocycles. The fourth-order valence-corrected chi connectivity index (χ4v) is 2.78. The van der Waals surface area contributed by atoms with Gasteiger partial charge in [0.05, 0.1) is 5.60 Å². The highest BCUT2D eigenvalue weighted by molar-refractivity contribution is 5.46. The Morgan fingerprint density at radius 2 is 2.00 bits per heavy atom. The standard InChI is InChI=1S/C15H22O2/c1-9(2)11-6-5-10(3)12-7-8-15(4,17)14(16)13(11)12/h5-6,9,14,16-17H,7-8H2,1-4H3. The Balaban J connectivity index is 2.63. The molecule has 0 spiro atoms. The van der Waals surface area contributed by atoms with Crippen molar-refractivity contribution in [3.63, 3.8) is 0 Å². The first-order chi connectivity index (χ1) is 7.84. The zero-order valence-corrected chi connectivity index (χ0v) is 11.1. The molecule has 1 aromatic rings. The molecule has 2 nitrogen and oxygen atoms in total. The summed E-state index contributed by atoms with van der Waals surface area (Å²) in [5, 5.41) is 20.6. The quantitative estimate of drug-likeness (QED) is 0.784. The summed E-state index contributed by atoms with van der Waals surface area (Å²) in [7, 11) is 0. The number of aryl methyl sites for hydroxylation is 1. The minimum Gasteiger partial charge on any atom is -0.387 e. The van der Waals surface area contributed by atoms with Gasteiger partial charge in [-0.15, -0.1) is 0 Å². The first-order valence-electron chi connectivity index (χ1n) is 6.37. The largest absolute Gasteiger partial charge is 0.387 e. The van der Waals surface area contributed by atoms with Gasteiger partial charge >= 0.3 is 0 Å². The lowest BCUT2D eigenvalue weighted by molar-refractivity contribution is -0.0757. The zero-order valence-electron chi connectivity index (χ0n) is 11.1. The van der Waals surface area contributed by atoms with E-state index in [0.29, 0.717) is 12.3 Å². The van der Waals surface area contributed by atoms with Gasteiger partial charge < -0.3 is 10.2 Å². The minimum absolute atomic E-state index is 0.368. The van der Waals surface area contributed by atoms with E-state index in [1.165, 1.54) is 11.1 Å². The van der Waals surface area contributed by atoms with Crippen molar-refractivity contribution >= 4 is 0 Å². The van der Waals surface area contributed by atoms with Gasteiger partial charge in [-0.3, -0.25) is 0 Å². The minimum atomic E-state index is -0.996. The third-order valence-electron chi connectivity index (χ3n) is 3.99. The number of hydrogen-bond donors (Lipinski definition) is 2. The molecule has 0 saturated carbocycles. The topological polar surface area (TPSA) is 40.5 Å². The van der Waals surface area contributed by atoms with Crippen molar-refractivity contribution in [3.8, 4) is 0 Å². The predicted octanol–water partition coefficient (Wildman–Crippen LogP) is 2.85. The second kappa shape index (κ2) is 4.11. The molecular weight excluding hydrogens is 212 g/mol. The molecular formula is C15H22O2. The Kier molecular flexibility index (Phi) is 3.04. The Bertz CT molecular complexity index is 433. The van der Waals surface area contributed by atoms with E-state index in [1.54, 1.807) is 6.92 Å². The van der Waals surface area contributed by atoms with E-state index in [0.717, 1.165) is 17.5 Å². The first kappa shape index (κ1) is 12.6. The van der Waals surface area contributed by atoms with Gasteiger partial charge in [0.25, 0.3) is 0 Å². The Hall–Kier alpha value is -0.860. The highest BCUT2D eigenvalue weighted by Crippen LogP contribution is 2.42. The normalized spacial score (nSPS) is 28.3. The van der Waals surface area contributed by atoms with Crippen molar-refractivity contribution in [2.45, 2.75) is 58.2 Å². The fraction of sp³-hybridized carbons (Fsp3) is 0.600. The van der Waals surface area contributed by atoms with E-state index in [4.69, 9.17) is 0 Å². The highest BCUT2D eigenvalue weighted by Gasteiger charge is 2.38. The average Bonchev–Trinajstić information content (AvgIpc) is 2.24. The lowest BCUT2D eigenvalue weighted by Crippen LogP contribution is -2.38. The number of aliphatic hydroxyl groups excluding tert-OH is 1. The molecule has 1 aliphatic carbocycles. The second-order valence-electron chi connectivity index (χ2n) is 5.78. The van der Waals surface area contributed by atoms with Crippen molar-refractivity contribution in [2.24, 2.45) is 0 Å². The number of aliphatic hydroxyl groups is 2. The summed E-state index contributed by atoms with van der Waals surface area (Å²) in [6.07, 6.45) is 0.721. The van der Waals surface area contributed by atoms with Crippen molar-refractivity contribution in [1.82, 2.24) is 0 Å². The summed E-state index contributed by atoms with van der Waals surface area (Å²) < 4.78 is 0. The van der Waals surface area contributed by atoms with E-state index in [-0.39, 0.29) is 0 Å². The first-order valence-corrected chi connectivity index (χ1v) is 6.37. The molecule has 0 aromatic heterocycles. The van der Waals surface area contributed by atoms with Crippen molar-refractivity contribution < 1.29 is 10.2 Å². The van der Waals surface area contributed by atoms with Gasteiger partial charge in [0.1, 0.15) is 6.10 Å². The number of hydrogen-bond acceptors (Lipinski definition) is 2. The maximum atomic E-state index is 10.4. The van der Waals surface area contributed by atoms with Crippen molar-refractivity contribution in [1.29, 1.82) is 0 Å². The van der Waals surface area contributed by atoms with Crippen molar-refractivity contribution in [3.05, 3.63) is 34.4 Å². The van der Waals surface area contributed by atoms with E-state index in [2.05, 4.69) is 32.9 Å². The van der Waals surface area contributed by atoms with Crippen molar-refractivity contribution in [2.75, 3.05) is 0 Å². The van der Waals surface area contributed by atoms with Gasteiger partial charge in [0.15, 0.2) is 0 Å². The number of fused-ring (bicyclic) bond motifs is 1. The molecule has 94 valence electrons. The van der Waals surface area contributed by atoms with Gasteiger partial charge in [0.2, 0.25) is 0 Å². The summed E-state index contributed by atoms with van der Waals surface area (Å²) in [4.78, 5) is 0. The smallest absolute Gasteiger partial charge is 0.108 e. The van der Waals surface area contributed by atoms with E-state index >= 15 is 0 Å².